The third-order valence-corrected chi connectivity index (χ3v) is 6.06. The van der Waals surface area contributed by atoms with E-state index in [1.807, 2.05) is 62.4 Å². The fourth-order valence-electron chi connectivity index (χ4n) is 4.45. The summed E-state index contributed by atoms with van der Waals surface area (Å²) in [4.78, 5) is 27.6. The number of nitrogens with one attached hydrogen (secondary N) is 1. The van der Waals surface area contributed by atoms with Gasteiger partial charge in [0, 0.05) is 39.6 Å². The van der Waals surface area contributed by atoms with Gasteiger partial charge in [0.2, 0.25) is 0 Å². The summed E-state index contributed by atoms with van der Waals surface area (Å²) in [6.07, 6.45) is 0. The van der Waals surface area contributed by atoms with Crippen molar-refractivity contribution in [1.29, 1.82) is 0 Å². The predicted octanol–water partition coefficient (Wildman–Crippen LogP) is 5.70. The normalized spacial score (nSPS) is 14.0. The molecule has 0 saturated heterocycles. The van der Waals surface area contributed by atoms with Crippen LogP contribution in [0.15, 0.2) is 101 Å². The predicted molar refractivity (Wildman–Crippen MR) is 132 cm³/mol. The third-order valence-electron chi connectivity index (χ3n) is 6.06. The number of carbonyl (C=O) groups is 2. The SMILES string of the molecule is COc1ccc(C2C(C(=O)c3ccccc3)=C(C)NC(C)=C2C(=O)c2ccccc2)cc1OC. The van der Waals surface area contributed by atoms with Crippen molar-refractivity contribution < 1.29 is 19.1 Å². The molecule has 0 fully saturated rings. The maximum atomic E-state index is 13.8. The second-order valence-electron chi connectivity index (χ2n) is 8.14. The summed E-state index contributed by atoms with van der Waals surface area (Å²) >= 11 is 0. The minimum atomic E-state index is -0.582. The first kappa shape index (κ1) is 23.1. The molecule has 1 aliphatic heterocycles. The van der Waals surface area contributed by atoms with E-state index in [-0.39, 0.29) is 11.6 Å². The molecule has 1 heterocycles. The van der Waals surface area contributed by atoms with Crippen LogP contribution in [0.25, 0.3) is 0 Å². The Morgan fingerprint density at radius 3 is 1.59 bits per heavy atom. The van der Waals surface area contributed by atoms with E-state index >= 15 is 0 Å². The fraction of sp³-hybridized carbons (Fsp3) is 0.172. The summed E-state index contributed by atoms with van der Waals surface area (Å²) in [6, 6.07) is 23.8. The van der Waals surface area contributed by atoms with E-state index in [4.69, 9.17) is 9.47 Å². The van der Waals surface area contributed by atoms with E-state index < -0.39 is 5.92 Å². The van der Waals surface area contributed by atoms with Crippen LogP contribution in [0.5, 0.6) is 11.5 Å². The molecule has 0 aromatic heterocycles. The molecule has 0 saturated carbocycles. The van der Waals surface area contributed by atoms with Crippen LogP contribution in [-0.2, 0) is 0 Å². The van der Waals surface area contributed by atoms with Crippen molar-refractivity contribution in [2.75, 3.05) is 14.2 Å². The fourth-order valence-corrected chi connectivity index (χ4v) is 4.45. The Bertz CT molecular complexity index is 1220. The molecule has 0 radical (unpaired) electrons. The zero-order chi connectivity index (χ0) is 24.2. The van der Waals surface area contributed by atoms with Gasteiger partial charge in [0.1, 0.15) is 0 Å². The molecular weight excluding hydrogens is 426 g/mol. The van der Waals surface area contributed by atoms with Crippen molar-refractivity contribution in [3.8, 4) is 11.5 Å². The van der Waals surface area contributed by atoms with Gasteiger partial charge in [0.15, 0.2) is 23.1 Å². The molecule has 5 heteroatoms. The summed E-state index contributed by atoms with van der Waals surface area (Å²) in [5.41, 5.74) is 4.40. The molecule has 0 spiro atoms. The van der Waals surface area contributed by atoms with Crippen LogP contribution in [0.1, 0.15) is 46.0 Å². The number of hydrogen-bond acceptors (Lipinski definition) is 5. The Labute approximate surface area is 199 Å². The summed E-state index contributed by atoms with van der Waals surface area (Å²) in [7, 11) is 3.14. The van der Waals surface area contributed by atoms with E-state index in [1.54, 1.807) is 44.6 Å². The molecule has 0 unspecified atom stereocenters. The van der Waals surface area contributed by atoms with Gasteiger partial charge in [-0.2, -0.15) is 0 Å². The van der Waals surface area contributed by atoms with E-state index in [9.17, 15) is 9.59 Å². The Balaban J connectivity index is 1.93. The average molecular weight is 454 g/mol. The van der Waals surface area contributed by atoms with Crippen LogP contribution in [0.4, 0.5) is 0 Å². The first-order valence-electron chi connectivity index (χ1n) is 11.1. The smallest absolute Gasteiger partial charge is 0.191 e. The molecule has 1 aliphatic rings. The highest BCUT2D eigenvalue weighted by atomic mass is 16.5. The molecule has 1 N–H and O–H groups in total. The first-order chi connectivity index (χ1) is 16.5. The summed E-state index contributed by atoms with van der Waals surface area (Å²) < 4.78 is 11.0. The highest BCUT2D eigenvalue weighted by molar-refractivity contribution is 6.16. The molecule has 0 amide bonds. The maximum Gasteiger partial charge on any atom is 0.191 e. The van der Waals surface area contributed by atoms with Crippen LogP contribution in [0.2, 0.25) is 0 Å². The largest absolute Gasteiger partial charge is 0.493 e. The van der Waals surface area contributed by atoms with Crippen molar-refractivity contribution in [2.24, 2.45) is 0 Å². The number of dihydropyridines is 1. The average Bonchev–Trinajstić information content (AvgIpc) is 2.88. The number of hydrogen-bond donors (Lipinski definition) is 1. The number of allylic oxidation sites excluding steroid dienone is 4. The zero-order valence-electron chi connectivity index (χ0n) is 19.7. The second kappa shape index (κ2) is 9.79. The van der Waals surface area contributed by atoms with Gasteiger partial charge in [-0.15, -0.1) is 0 Å². The van der Waals surface area contributed by atoms with Crippen LogP contribution in [-0.4, -0.2) is 25.8 Å². The molecule has 172 valence electrons. The van der Waals surface area contributed by atoms with Crippen LogP contribution in [0, 0.1) is 0 Å². The Morgan fingerprint density at radius 1 is 0.676 bits per heavy atom. The van der Waals surface area contributed by atoms with Crippen LogP contribution < -0.4 is 14.8 Å². The number of ether oxygens (including phenoxy) is 2. The van der Waals surface area contributed by atoms with Gasteiger partial charge < -0.3 is 14.8 Å². The Morgan fingerprint density at radius 2 is 1.15 bits per heavy atom. The van der Waals surface area contributed by atoms with Gasteiger partial charge in [-0.05, 0) is 31.5 Å². The lowest BCUT2D eigenvalue weighted by Gasteiger charge is -2.32. The van der Waals surface area contributed by atoms with Crippen LogP contribution in [0.3, 0.4) is 0 Å². The highest BCUT2D eigenvalue weighted by Crippen LogP contribution is 2.43. The monoisotopic (exact) mass is 453 g/mol. The van der Waals surface area contributed by atoms with Crippen molar-refractivity contribution >= 4 is 11.6 Å². The second-order valence-corrected chi connectivity index (χ2v) is 8.14. The topological polar surface area (TPSA) is 64.6 Å². The standard InChI is InChI=1S/C29H27NO4/c1-18-25(28(31)20-11-7-5-8-12-20)27(22-15-16-23(33-3)24(17-22)34-4)26(19(2)30-18)29(32)21-13-9-6-10-14-21/h5-17,27,30H,1-4H3. The molecule has 0 aliphatic carbocycles. The van der Waals surface area contributed by atoms with Crippen LogP contribution >= 0.6 is 0 Å². The Hall–Kier alpha value is -4.12. The molecular formula is C29H27NO4. The zero-order valence-corrected chi connectivity index (χ0v) is 19.7. The number of carbonyl (C=O) groups excluding carboxylic acids is 2. The molecule has 4 rings (SSSR count). The van der Waals surface area contributed by atoms with E-state index in [0.717, 1.165) is 17.0 Å². The molecule has 3 aromatic carbocycles. The Kier molecular flexibility index (Phi) is 6.64. The van der Waals surface area contributed by atoms with Gasteiger partial charge in [0.25, 0.3) is 0 Å². The summed E-state index contributed by atoms with van der Waals surface area (Å²) in [5, 5.41) is 3.29. The van der Waals surface area contributed by atoms with Gasteiger partial charge in [-0.1, -0.05) is 66.7 Å². The van der Waals surface area contributed by atoms with Gasteiger partial charge >= 0.3 is 0 Å². The quantitative estimate of drug-likeness (QED) is 0.465. The van der Waals surface area contributed by atoms with E-state index in [2.05, 4.69) is 5.32 Å². The number of rotatable bonds is 7. The number of Topliss-reactive ketones (excluding diaryl/α,β-unsaturated/α-hetero) is 2. The number of methoxy groups -OCH3 is 2. The lowest BCUT2D eigenvalue weighted by molar-refractivity contribution is 0.101. The lowest BCUT2D eigenvalue weighted by atomic mass is 9.75. The maximum absolute atomic E-state index is 13.8. The van der Waals surface area contributed by atoms with E-state index in [0.29, 0.717) is 33.8 Å². The summed E-state index contributed by atoms with van der Waals surface area (Å²) in [5.74, 6) is 0.272. The van der Waals surface area contributed by atoms with Gasteiger partial charge in [-0.3, -0.25) is 9.59 Å². The number of benzene rings is 3. The van der Waals surface area contributed by atoms with Crippen molar-refractivity contribution in [2.45, 2.75) is 19.8 Å². The summed E-state index contributed by atoms with van der Waals surface area (Å²) in [6.45, 7) is 3.74. The lowest BCUT2D eigenvalue weighted by Crippen LogP contribution is -2.31. The molecule has 3 aromatic rings. The minimum Gasteiger partial charge on any atom is -0.493 e. The van der Waals surface area contributed by atoms with Crippen molar-refractivity contribution in [1.82, 2.24) is 5.32 Å². The first-order valence-corrected chi connectivity index (χ1v) is 11.1. The van der Waals surface area contributed by atoms with Crippen molar-refractivity contribution in [3.05, 3.63) is 118 Å². The molecule has 34 heavy (non-hydrogen) atoms. The third kappa shape index (κ3) is 4.25. The molecule has 0 bridgehead atoms. The number of ketones is 2. The van der Waals surface area contributed by atoms with Gasteiger partial charge in [-0.25, -0.2) is 0 Å². The van der Waals surface area contributed by atoms with E-state index in [1.165, 1.54) is 0 Å². The highest BCUT2D eigenvalue weighted by Gasteiger charge is 2.37. The van der Waals surface area contributed by atoms with Gasteiger partial charge in [0.05, 0.1) is 14.2 Å². The molecule has 0 atom stereocenters. The minimum absolute atomic E-state index is 0.128. The van der Waals surface area contributed by atoms with Crippen molar-refractivity contribution in [3.63, 3.8) is 0 Å². The molecule has 5 nitrogen and oxygen atoms in total.